The number of nitrogens with zero attached hydrogens (tertiary/aromatic N) is 4. The number of alkyl halides is 3. The summed E-state index contributed by atoms with van der Waals surface area (Å²) in [6.45, 7) is 1.86. The average Bonchev–Trinajstić information content (AvgIpc) is 3.72. The van der Waals surface area contributed by atoms with Crippen molar-refractivity contribution in [2.45, 2.75) is 50.2 Å². The molecule has 4 aromatic rings. The summed E-state index contributed by atoms with van der Waals surface area (Å²) in [6.07, 6.45) is -1.67. The van der Waals surface area contributed by atoms with E-state index in [-0.39, 0.29) is 30.8 Å². The summed E-state index contributed by atoms with van der Waals surface area (Å²) in [5.74, 6) is -1.43. The number of carbonyl (C=O) groups is 2. The number of halogens is 4. The Labute approximate surface area is 263 Å². The Hall–Kier alpha value is -4.74. The van der Waals surface area contributed by atoms with E-state index in [1.165, 1.54) is 17.8 Å². The Morgan fingerprint density at radius 3 is 2.35 bits per heavy atom. The summed E-state index contributed by atoms with van der Waals surface area (Å²) in [6, 6.07) is 19.1. The van der Waals surface area contributed by atoms with E-state index in [0.717, 1.165) is 12.8 Å². The zero-order valence-electron chi connectivity index (χ0n) is 25.0. The van der Waals surface area contributed by atoms with Gasteiger partial charge >= 0.3 is 6.18 Å². The number of benzene rings is 2. The van der Waals surface area contributed by atoms with Crippen LogP contribution in [0.5, 0.6) is 0 Å². The van der Waals surface area contributed by atoms with Crippen molar-refractivity contribution < 1.29 is 31.6 Å². The lowest BCUT2D eigenvalue weighted by atomic mass is 9.90. The molecule has 6 rings (SSSR count). The largest absolute Gasteiger partial charge is 0.437 e. The van der Waals surface area contributed by atoms with Crippen LogP contribution in [0.25, 0.3) is 0 Å². The lowest BCUT2D eigenvalue weighted by molar-refractivity contribution is -0.141. The van der Waals surface area contributed by atoms with Crippen LogP contribution >= 0.6 is 0 Å². The van der Waals surface area contributed by atoms with Gasteiger partial charge in [-0.2, -0.15) is 18.2 Å². The van der Waals surface area contributed by atoms with E-state index in [4.69, 9.17) is 4.42 Å². The van der Waals surface area contributed by atoms with E-state index in [1.807, 2.05) is 30.3 Å². The van der Waals surface area contributed by atoms with Crippen molar-refractivity contribution in [2.24, 2.45) is 0 Å². The standard InChI is InChI=1S/C34H33F4N5O3/c35-27-9-5-4-8-25(27)19-30(45)43-17-14-26(21-43)40-29-11-10-22(20-39-29)18-28(44)31-32(34(36,37)38)41-33(46-31)42-15-12-24(13-16-42)23-6-2-1-3-7-23/h1-11,20,24,26H,12-19,21H2,(H,39,40)/t26-/m1/s1. The average molecular weight is 636 g/mol. The number of nitrogens with one attached hydrogen (secondary N) is 1. The molecular weight excluding hydrogens is 602 g/mol. The number of likely N-dealkylation sites (tertiary alicyclic amines) is 1. The van der Waals surface area contributed by atoms with Gasteiger partial charge in [0.05, 0.1) is 6.42 Å². The molecule has 0 saturated carbocycles. The molecule has 0 aliphatic carbocycles. The van der Waals surface area contributed by atoms with Gasteiger partial charge in [-0.15, -0.1) is 0 Å². The SMILES string of the molecule is O=C(Cc1ccc(N[C@@H]2CCN(C(=O)Cc3ccccc3F)C2)nc1)c1oc(N2CCC(c3ccccc3)CC2)nc1C(F)(F)F. The molecule has 2 aliphatic heterocycles. The minimum atomic E-state index is -4.85. The van der Waals surface area contributed by atoms with Crippen LogP contribution in [0.3, 0.4) is 0 Å². The second-order valence-corrected chi connectivity index (χ2v) is 11.7. The van der Waals surface area contributed by atoms with Crippen molar-refractivity contribution in [3.8, 4) is 0 Å². The van der Waals surface area contributed by atoms with Gasteiger partial charge in [-0.3, -0.25) is 9.59 Å². The molecule has 2 fully saturated rings. The van der Waals surface area contributed by atoms with Crippen molar-refractivity contribution in [1.82, 2.24) is 14.9 Å². The number of amides is 1. The number of aromatic nitrogens is 2. The monoisotopic (exact) mass is 635 g/mol. The Kier molecular flexibility index (Phi) is 9.05. The molecule has 8 nitrogen and oxygen atoms in total. The normalized spacial score (nSPS) is 17.3. The number of Topliss-reactive ketones (excluding diaryl/α,β-unsaturated/α-hetero) is 1. The number of piperidine rings is 1. The third-order valence-corrected chi connectivity index (χ3v) is 8.56. The van der Waals surface area contributed by atoms with Gasteiger partial charge in [-0.25, -0.2) is 9.37 Å². The zero-order valence-corrected chi connectivity index (χ0v) is 25.0. The highest BCUT2D eigenvalue weighted by Gasteiger charge is 2.42. The highest BCUT2D eigenvalue weighted by atomic mass is 19.4. The highest BCUT2D eigenvalue weighted by molar-refractivity contribution is 5.96. The van der Waals surface area contributed by atoms with Gasteiger partial charge in [0.2, 0.25) is 17.5 Å². The van der Waals surface area contributed by atoms with Gasteiger partial charge in [0, 0.05) is 44.8 Å². The molecule has 1 N–H and O–H groups in total. The highest BCUT2D eigenvalue weighted by Crippen LogP contribution is 2.36. The third kappa shape index (κ3) is 7.21. The van der Waals surface area contributed by atoms with Crippen LogP contribution in [0.15, 0.2) is 77.3 Å². The molecular formula is C34H33F4N5O3. The number of hydrogen-bond donors (Lipinski definition) is 1. The molecule has 240 valence electrons. The van der Waals surface area contributed by atoms with Gasteiger partial charge in [0.15, 0.2) is 5.69 Å². The van der Waals surface area contributed by atoms with Crippen molar-refractivity contribution in [2.75, 3.05) is 36.4 Å². The second kappa shape index (κ2) is 13.3. The van der Waals surface area contributed by atoms with Crippen molar-refractivity contribution in [3.63, 3.8) is 0 Å². The molecule has 2 aromatic carbocycles. The fourth-order valence-corrected chi connectivity index (χ4v) is 6.06. The van der Waals surface area contributed by atoms with E-state index in [1.54, 1.807) is 40.1 Å². The van der Waals surface area contributed by atoms with Crippen LogP contribution in [-0.4, -0.2) is 58.8 Å². The predicted octanol–water partition coefficient (Wildman–Crippen LogP) is 6.29. The molecule has 12 heteroatoms. The van der Waals surface area contributed by atoms with Crippen molar-refractivity contribution >= 4 is 23.5 Å². The molecule has 1 amide bonds. The van der Waals surface area contributed by atoms with E-state index in [2.05, 4.69) is 15.3 Å². The summed E-state index contributed by atoms with van der Waals surface area (Å²) >= 11 is 0. The predicted molar refractivity (Wildman–Crippen MR) is 163 cm³/mol. The fourth-order valence-electron chi connectivity index (χ4n) is 6.06. The Balaban J connectivity index is 1.05. The Bertz CT molecular complexity index is 1670. The first-order valence-corrected chi connectivity index (χ1v) is 15.3. The first-order valence-electron chi connectivity index (χ1n) is 15.3. The quantitative estimate of drug-likeness (QED) is 0.171. The second-order valence-electron chi connectivity index (χ2n) is 11.7. The number of oxazole rings is 1. The Morgan fingerprint density at radius 2 is 1.65 bits per heavy atom. The fraction of sp³-hybridized carbons (Fsp3) is 0.353. The molecule has 46 heavy (non-hydrogen) atoms. The van der Waals surface area contributed by atoms with Crippen LogP contribution in [-0.2, 0) is 23.8 Å². The smallest absolute Gasteiger partial charge is 0.420 e. The number of pyridine rings is 1. The Morgan fingerprint density at radius 1 is 0.913 bits per heavy atom. The molecule has 0 bridgehead atoms. The lowest BCUT2D eigenvalue weighted by Gasteiger charge is -2.31. The number of anilines is 2. The maximum Gasteiger partial charge on any atom is 0.437 e. The summed E-state index contributed by atoms with van der Waals surface area (Å²) in [5, 5.41) is 3.25. The van der Waals surface area contributed by atoms with Gasteiger partial charge in [-0.05, 0) is 54.0 Å². The lowest BCUT2D eigenvalue weighted by Crippen LogP contribution is -2.33. The zero-order chi connectivity index (χ0) is 32.3. The first kappa shape index (κ1) is 31.3. The molecule has 0 unspecified atom stereocenters. The minimum absolute atomic E-state index is 0.0180. The van der Waals surface area contributed by atoms with Crippen LogP contribution < -0.4 is 10.2 Å². The van der Waals surface area contributed by atoms with Crippen LogP contribution in [0.1, 0.15) is 58.1 Å². The summed E-state index contributed by atoms with van der Waals surface area (Å²) in [7, 11) is 0. The minimum Gasteiger partial charge on any atom is -0.420 e. The summed E-state index contributed by atoms with van der Waals surface area (Å²) in [4.78, 5) is 37.1. The van der Waals surface area contributed by atoms with Crippen LogP contribution in [0.2, 0.25) is 0 Å². The number of carbonyl (C=O) groups excluding carboxylic acids is 2. The first-order chi connectivity index (χ1) is 22.1. The summed E-state index contributed by atoms with van der Waals surface area (Å²) < 4.78 is 61.2. The summed E-state index contributed by atoms with van der Waals surface area (Å²) in [5.41, 5.74) is 0.633. The maximum absolute atomic E-state index is 13.9. The third-order valence-electron chi connectivity index (χ3n) is 8.56. The van der Waals surface area contributed by atoms with Gasteiger partial charge in [-0.1, -0.05) is 54.6 Å². The van der Waals surface area contributed by atoms with Gasteiger partial charge in [0.25, 0.3) is 6.01 Å². The van der Waals surface area contributed by atoms with E-state index < -0.39 is 29.2 Å². The van der Waals surface area contributed by atoms with Crippen molar-refractivity contribution in [1.29, 1.82) is 0 Å². The molecule has 0 spiro atoms. The maximum atomic E-state index is 13.9. The molecule has 4 heterocycles. The molecule has 2 aromatic heterocycles. The van der Waals surface area contributed by atoms with E-state index in [9.17, 15) is 27.2 Å². The van der Waals surface area contributed by atoms with Gasteiger partial charge in [0.1, 0.15) is 11.6 Å². The number of ketones is 1. The number of rotatable bonds is 9. The molecule has 2 saturated heterocycles. The van der Waals surface area contributed by atoms with E-state index >= 15 is 0 Å². The topological polar surface area (TPSA) is 91.6 Å². The number of hydrogen-bond acceptors (Lipinski definition) is 7. The molecule has 1 atom stereocenters. The van der Waals surface area contributed by atoms with Gasteiger partial charge < -0.3 is 19.5 Å². The van der Waals surface area contributed by atoms with Crippen molar-refractivity contribution in [3.05, 3.63) is 107 Å². The molecule has 2 aliphatic rings. The molecule has 0 radical (unpaired) electrons. The van der Waals surface area contributed by atoms with Crippen LogP contribution in [0.4, 0.5) is 29.4 Å². The van der Waals surface area contributed by atoms with Crippen LogP contribution in [0, 0.1) is 5.82 Å². The van der Waals surface area contributed by atoms with E-state index in [0.29, 0.717) is 55.5 Å².